The molecule has 0 aliphatic heterocycles. The van der Waals surface area contributed by atoms with Crippen molar-refractivity contribution in [3.05, 3.63) is 30.3 Å². The molecule has 0 radical (unpaired) electrons. The number of carbonyl (C=O) groups is 3. The van der Waals surface area contributed by atoms with Gasteiger partial charge in [0, 0.05) is 12.2 Å². The summed E-state index contributed by atoms with van der Waals surface area (Å²) in [5, 5.41) is 22.2. The molecule has 1 aromatic carbocycles. The van der Waals surface area contributed by atoms with E-state index in [0.29, 0.717) is 5.69 Å². The fourth-order valence-electron chi connectivity index (χ4n) is 1.37. The normalized spacial score (nSPS) is 11.4. The summed E-state index contributed by atoms with van der Waals surface area (Å²) in [6.45, 7) is -0.250. The van der Waals surface area contributed by atoms with Gasteiger partial charge in [0.2, 0.25) is 0 Å². The molecule has 1 rings (SSSR count). The Balaban J connectivity index is 2.44. The van der Waals surface area contributed by atoms with Crippen LogP contribution >= 0.6 is 0 Å². The minimum absolute atomic E-state index is 0.250. The van der Waals surface area contributed by atoms with Crippen LogP contribution in [0.4, 0.5) is 10.5 Å². The zero-order valence-electron chi connectivity index (χ0n) is 10.00. The van der Waals surface area contributed by atoms with Crippen LogP contribution in [0, 0.1) is 5.92 Å². The lowest BCUT2D eigenvalue weighted by Crippen LogP contribution is -2.36. The van der Waals surface area contributed by atoms with Gasteiger partial charge < -0.3 is 20.8 Å². The van der Waals surface area contributed by atoms with Gasteiger partial charge in [-0.15, -0.1) is 0 Å². The summed E-state index contributed by atoms with van der Waals surface area (Å²) < 4.78 is 0. The van der Waals surface area contributed by atoms with Gasteiger partial charge in [0.1, 0.15) is 0 Å². The molecule has 1 atom stereocenters. The Labute approximate surface area is 109 Å². The van der Waals surface area contributed by atoms with Gasteiger partial charge in [-0.25, -0.2) is 4.79 Å². The van der Waals surface area contributed by atoms with E-state index >= 15 is 0 Å². The SMILES string of the molecule is O=C(O)CC(CNC(=O)Nc1ccccc1)C(=O)O. The Bertz CT molecular complexity index is 460. The molecule has 0 aliphatic carbocycles. The number of carboxylic acid groups (broad SMARTS) is 2. The summed E-state index contributed by atoms with van der Waals surface area (Å²) in [4.78, 5) is 32.7. The molecule has 0 bridgehead atoms. The molecular weight excluding hydrogens is 252 g/mol. The molecule has 7 nitrogen and oxygen atoms in total. The molecule has 0 aromatic heterocycles. The molecule has 2 amide bonds. The Morgan fingerprint density at radius 3 is 2.26 bits per heavy atom. The number of hydrogen-bond donors (Lipinski definition) is 4. The zero-order valence-corrected chi connectivity index (χ0v) is 10.00. The van der Waals surface area contributed by atoms with Crippen molar-refractivity contribution in [2.75, 3.05) is 11.9 Å². The van der Waals surface area contributed by atoms with Crippen molar-refractivity contribution in [2.24, 2.45) is 5.92 Å². The monoisotopic (exact) mass is 266 g/mol. The van der Waals surface area contributed by atoms with Gasteiger partial charge in [-0.05, 0) is 12.1 Å². The van der Waals surface area contributed by atoms with Crippen LogP contribution in [-0.2, 0) is 9.59 Å². The minimum atomic E-state index is -1.26. The Kier molecular flexibility index (Phi) is 5.34. The number of aliphatic carboxylic acids is 2. The van der Waals surface area contributed by atoms with Crippen LogP contribution in [0.25, 0.3) is 0 Å². The molecule has 0 spiro atoms. The predicted molar refractivity (Wildman–Crippen MR) is 66.8 cm³/mol. The maximum absolute atomic E-state index is 11.5. The first-order chi connectivity index (χ1) is 8.99. The van der Waals surface area contributed by atoms with E-state index in [1.807, 2.05) is 0 Å². The molecule has 102 valence electrons. The summed E-state index contributed by atoms with van der Waals surface area (Å²) in [5.74, 6) is -3.64. The van der Waals surface area contributed by atoms with Crippen molar-refractivity contribution in [2.45, 2.75) is 6.42 Å². The van der Waals surface area contributed by atoms with Crippen LogP contribution in [0.15, 0.2) is 30.3 Å². The number of carbonyl (C=O) groups excluding carboxylic acids is 1. The van der Waals surface area contributed by atoms with E-state index in [2.05, 4.69) is 10.6 Å². The first-order valence-corrected chi connectivity index (χ1v) is 5.53. The minimum Gasteiger partial charge on any atom is -0.481 e. The first-order valence-electron chi connectivity index (χ1n) is 5.53. The topological polar surface area (TPSA) is 116 Å². The molecule has 0 aliphatic rings. The number of para-hydroxylation sites is 1. The lowest BCUT2D eigenvalue weighted by atomic mass is 10.1. The first kappa shape index (κ1) is 14.5. The Morgan fingerprint density at radius 2 is 1.74 bits per heavy atom. The summed E-state index contributed by atoms with van der Waals surface area (Å²) in [7, 11) is 0. The third kappa shape index (κ3) is 5.53. The van der Waals surface area contributed by atoms with Crippen molar-refractivity contribution < 1.29 is 24.6 Å². The second kappa shape index (κ2) is 7.00. The van der Waals surface area contributed by atoms with Gasteiger partial charge in [0.25, 0.3) is 0 Å². The molecule has 0 fully saturated rings. The lowest BCUT2D eigenvalue weighted by Gasteiger charge is -2.12. The smallest absolute Gasteiger partial charge is 0.319 e. The summed E-state index contributed by atoms with van der Waals surface area (Å²) in [6.07, 6.45) is -0.541. The highest BCUT2D eigenvalue weighted by Crippen LogP contribution is 2.05. The third-order valence-electron chi connectivity index (χ3n) is 2.31. The molecule has 1 aromatic rings. The van der Waals surface area contributed by atoms with E-state index in [9.17, 15) is 14.4 Å². The van der Waals surface area contributed by atoms with Gasteiger partial charge in [-0.1, -0.05) is 18.2 Å². The van der Waals surface area contributed by atoms with Crippen LogP contribution < -0.4 is 10.6 Å². The number of nitrogens with one attached hydrogen (secondary N) is 2. The molecule has 0 heterocycles. The number of rotatable bonds is 6. The van der Waals surface area contributed by atoms with Crippen molar-refractivity contribution in [3.8, 4) is 0 Å². The van der Waals surface area contributed by atoms with Crippen LogP contribution in [0.5, 0.6) is 0 Å². The number of urea groups is 1. The molecule has 7 heteroatoms. The van der Waals surface area contributed by atoms with E-state index in [1.54, 1.807) is 30.3 Å². The maximum atomic E-state index is 11.5. The quantitative estimate of drug-likeness (QED) is 0.612. The van der Waals surface area contributed by atoms with Gasteiger partial charge in [-0.3, -0.25) is 9.59 Å². The molecule has 19 heavy (non-hydrogen) atoms. The van der Waals surface area contributed by atoms with Gasteiger partial charge in [0.15, 0.2) is 0 Å². The van der Waals surface area contributed by atoms with E-state index < -0.39 is 30.3 Å². The number of carboxylic acids is 2. The van der Waals surface area contributed by atoms with Crippen molar-refractivity contribution in [3.63, 3.8) is 0 Å². The molecular formula is C12H14N2O5. The average Bonchev–Trinajstić information content (AvgIpc) is 2.35. The highest BCUT2D eigenvalue weighted by Gasteiger charge is 2.21. The number of anilines is 1. The van der Waals surface area contributed by atoms with E-state index in [1.165, 1.54) is 0 Å². The van der Waals surface area contributed by atoms with Crippen LogP contribution in [-0.4, -0.2) is 34.7 Å². The van der Waals surface area contributed by atoms with Crippen LogP contribution in [0.2, 0.25) is 0 Å². The Morgan fingerprint density at radius 1 is 1.11 bits per heavy atom. The van der Waals surface area contributed by atoms with Crippen molar-refractivity contribution >= 4 is 23.7 Å². The highest BCUT2D eigenvalue weighted by molar-refractivity contribution is 5.89. The Hall–Kier alpha value is -2.57. The fraction of sp³-hybridized carbons (Fsp3) is 0.250. The van der Waals surface area contributed by atoms with Crippen molar-refractivity contribution in [1.29, 1.82) is 0 Å². The van der Waals surface area contributed by atoms with Crippen LogP contribution in [0.1, 0.15) is 6.42 Å². The third-order valence-corrected chi connectivity index (χ3v) is 2.31. The molecule has 0 saturated heterocycles. The number of benzene rings is 1. The fourth-order valence-corrected chi connectivity index (χ4v) is 1.37. The van der Waals surface area contributed by atoms with Gasteiger partial charge in [0.05, 0.1) is 12.3 Å². The van der Waals surface area contributed by atoms with Crippen molar-refractivity contribution in [1.82, 2.24) is 5.32 Å². The maximum Gasteiger partial charge on any atom is 0.319 e. The van der Waals surface area contributed by atoms with Crippen LogP contribution in [0.3, 0.4) is 0 Å². The largest absolute Gasteiger partial charge is 0.481 e. The lowest BCUT2D eigenvalue weighted by molar-refractivity contribution is -0.148. The summed E-state index contributed by atoms with van der Waals surface area (Å²) in [5.41, 5.74) is 0.560. The average molecular weight is 266 g/mol. The van der Waals surface area contributed by atoms with E-state index in [0.717, 1.165) is 0 Å². The van der Waals surface area contributed by atoms with Gasteiger partial charge >= 0.3 is 18.0 Å². The van der Waals surface area contributed by atoms with Gasteiger partial charge in [-0.2, -0.15) is 0 Å². The molecule has 0 saturated carbocycles. The van der Waals surface area contributed by atoms with E-state index in [4.69, 9.17) is 10.2 Å². The number of amides is 2. The highest BCUT2D eigenvalue weighted by atomic mass is 16.4. The number of hydrogen-bond acceptors (Lipinski definition) is 3. The van der Waals surface area contributed by atoms with E-state index in [-0.39, 0.29) is 6.54 Å². The standard InChI is InChI=1S/C12H14N2O5/c15-10(16)6-8(11(17)18)7-13-12(19)14-9-4-2-1-3-5-9/h1-5,8H,6-7H2,(H,15,16)(H,17,18)(H2,13,14,19). The second-order valence-corrected chi connectivity index (χ2v) is 3.83. The molecule has 4 N–H and O–H groups in total. The molecule has 1 unspecified atom stereocenters. The predicted octanol–water partition coefficient (Wildman–Crippen LogP) is 0.984. The summed E-state index contributed by atoms with van der Waals surface area (Å²) >= 11 is 0. The summed E-state index contributed by atoms with van der Waals surface area (Å²) in [6, 6.07) is 8.02. The second-order valence-electron chi connectivity index (χ2n) is 3.83. The zero-order chi connectivity index (χ0) is 14.3.